The SMILES string of the molecule is CCCCCCCCc1cc2c(Br)sc(Br)c2[se]1.CCCCCCCCc1cc2cscc2[se]1.[B]=NS. The standard InChI is InChI=1S/C14H18Br2SSe.C14H20SSe.BHNS/c1-2-3-4-5-6-7-8-10-9-11-12(18-10)14(16)17-13(11)15;1-2-3-4-5-6-7-8-13-9-12-10-15-11-14(12)16-13;1-2-3/h9H,2-8H2,1H3;9-11H,2-8H2,1H3;3H. The molecule has 0 spiro atoms. The summed E-state index contributed by atoms with van der Waals surface area (Å²) >= 11 is 15.4. The topological polar surface area (TPSA) is 12.4 Å². The molecule has 0 aliphatic heterocycles. The van der Waals surface area contributed by atoms with E-state index in [-0.39, 0.29) is 0 Å². The fourth-order valence-electron chi connectivity index (χ4n) is 4.15. The molecule has 0 amide bonds. The van der Waals surface area contributed by atoms with Crippen LogP contribution in [0.1, 0.15) is 99.8 Å². The van der Waals surface area contributed by atoms with Crippen LogP contribution >= 0.6 is 67.3 Å². The molecule has 1 nitrogen and oxygen atoms in total. The van der Waals surface area contributed by atoms with Crippen LogP contribution in [0.15, 0.2) is 34.8 Å². The summed E-state index contributed by atoms with van der Waals surface area (Å²) in [4.78, 5) is 0. The molecule has 0 saturated carbocycles. The molecule has 9 heteroatoms. The van der Waals surface area contributed by atoms with E-state index in [1.165, 1.54) is 108 Å². The number of halogens is 2. The Bertz CT molecular complexity index is 1090. The molecule has 0 bridgehead atoms. The quantitative estimate of drug-likeness (QED) is 0.0740. The summed E-state index contributed by atoms with van der Waals surface area (Å²) in [5.74, 6) is 0. The molecule has 0 aromatic carbocycles. The molecule has 4 aromatic heterocycles. The number of thiol groups is 1. The van der Waals surface area contributed by atoms with Crippen LogP contribution in [-0.4, -0.2) is 36.6 Å². The van der Waals surface area contributed by atoms with Gasteiger partial charge in [-0.3, -0.25) is 0 Å². The predicted molar refractivity (Wildman–Crippen MR) is 184 cm³/mol. The van der Waals surface area contributed by atoms with Gasteiger partial charge in [-0.25, -0.2) is 0 Å². The first-order chi connectivity index (χ1) is 18.0. The van der Waals surface area contributed by atoms with Gasteiger partial charge in [-0.2, -0.15) is 0 Å². The molecule has 4 aromatic rings. The number of nitrogens with zero attached hydrogens (tertiary/aromatic N) is 1. The number of hydrogen-bond donors (Lipinski definition) is 1. The summed E-state index contributed by atoms with van der Waals surface area (Å²) in [6.45, 7) is 4.56. The second-order valence-corrected chi connectivity index (χ2v) is 18.6. The van der Waals surface area contributed by atoms with Crippen LogP contribution in [0.3, 0.4) is 0 Å². The molecule has 4 heterocycles. The van der Waals surface area contributed by atoms with E-state index in [0.29, 0.717) is 29.0 Å². The van der Waals surface area contributed by atoms with Crippen LogP contribution in [0.25, 0.3) is 19.3 Å². The average Bonchev–Trinajstić information content (AvgIpc) is 3.63. The Labute approximate surface area is 268 Å². The summed E-state index contributed by atoms with van der Waals surface area (Å²) in [7, 11) is 4.34. The van der Waals surface area contributed by atoms with Gasteiger partial charge in [0.1, 0.15) is 0 Å². The fourth-order valence-corrected chi connectivity index (χ4v) is 14.0. The van der Waals surface area contributed by atoms with Crippen molar-refractivity contribution in [3.63, 3.8) is 0 Å². The van der Waals surface area contributed by atoms with Crippen LogP contribution in [0.2, 0.25) is 0 Å². The van der Waals surface area contributed by atoms with Crippen molar-refractivity contribution in [2.75, 3.05) is 0 Å². The molecule has 0 atom stereocenters. The zero-order chi connectivity index (χ0) is 26.9. The average molecular weight is 814 g/mol. The van der Waals surface area contributed by atoms with E-state index in [0.717, 1.165) is 0 Å². The van der Waals surface area contributed by atoms with E-state index >= 15 is 0 Å². The van der Waals surface area contributed by atoms with Gasteiger partial charge >= 0.3 is 271 Å². The van der Waals surface area contributed by atoms with E-state index < -0.39 is 0 Å². The number of hydrogen-bond acceptors (Lipinski definition) is 4. The Kier molecular flexibility index (Phi) is 19.4. The van der Waals surface area contributed by atoms with E-state index in [9.17, 15) is 0 Å². The second kappa shape index (κ2) is 20.9. The van der Waals surface area contributed by atoms with Gasteiger partial charge in [0.05, 0.1) is 0 Å². The van der Waals surface area contributed by atoms with E-state index in [1.54, 1.807) is 17.4 Å². The molecular formula is C28H39BBr2NS3Se2. The number of fused-ring (bicyclic) bond motifs is 2. The number of rotatable bonds is 14. The Balaban J connectivity index is 0.000000237. The Hall–Kier alpha value is 1.09. The summed E-state index contributed by atoms with van der Waals surface area (Å²) in [6, 6.07) is 4.87. The zero-order valence-corrected chi connectivity index (χ0v) is 31.2. The molecule has 4 rings (SSSR count). The molecule has 0 fully saturated rings. The molecule has 0 N–H and O–H groups in total. The van der Waals surface area contributed by atoms with Crippen molar-refractivity contribution in [1.29, 1.82) is 0 Å². The van der Waals surface area contributed by atoms with E-state index in [2.05, 4.69) is 93.4 Å². The predicted octanol–water partition coefficient (Wildman–Crippen LogP) is 11.4. The van der Waals surface area contributed by atoms with Crippen molar-refractivity contribution in [1.82, 2.24) is 0 Å². The fraction of sp³-hybridized carbons (Fsp3) is 0.571. The van der Waals surface area contributed by atoms with Gasteiger partial charge in [0.2, 0.25) is 0 Å². The van der Waals surface area contributed by atoms with E-state index in [4.69, 9.17) is 0 Å². The van der Waals surface area contributed by atoms with Crippen LogP contribution in [0.5, 0.6) is 0 Å². The van der Waals surface area contributed by atoms with Gasteiger partial charge in [-0.15, -0.1) is 0 Å². The maximum atomic E-state index is 4.34. The number of unbranched alkanes of at least 4 members (excludes halogenated alkanes) is 10. The van der Waals surface area contributed by atoms with Gasteiger partial charge < -0.3 is 0 Å². The first-order valence-corrected chi connectivity index (χ1v) is 20.6. The van der Waals surface area contributed by atoms with Crippen molar-refractivity contribution in [2.24, 2.45) is 4.30 Å². The minimum atomic E-state index is 0.570. The number of aryl methyl sites for hydroxylation is 2. The second-order valence-electron chi connectivity index (χ2n) is 9.16. The van der Waals surface area contributed by atoms with Gasteiger partial charge in [-0.1, -0.05) is 0 Å². The zero-order valence-electron chi connectivity index (χ0n) is 22.1. The number of thiophene rings is 2. The van der Waals surface area contributed by atoms with Crippen molar-refractivity contribution in [2.45, 2.75) is 104 Å². The Morgan fingerprint density at radius 2 is 1.32 bits per heavy atom. The third-order valence-electron chi connectivity index (χ3n) is 6.12. The Morgan fingerprint density at radius 1 is 0.784 bits per heavy atom. The summed E-state index contributed by atoms with van der Waals surface area (Å²) in [5, 5.41) is 7.60. The van der Waals surface area contributed by atoms with Crippen molar-refractivity contribution in [3.8, 4) is 0 Å². The summed E-state index contributed by atoms with van der Waals surface area (Å²) in [5.41, 5.74) is 0. The molecule has 0 unspecified atom stereocenters. The van der Waals surface area contributed by atoms with Gasteiger partial charge in [0, 0.05) is 0 Å². The van der Waals surface area contributed by atoms with Gasteiger partial charge in [-0.05, 0) is 0 Å². The Morgan fingerprint density at radius 3 is 1.86 bits per heavy atom. The summed E-state index contributed by atoms with van der Waals surface area (Å²) < 4.78 is 11.9. The molecule has 1 radical (unpaired) electrons. The molecule has 0 saturated heterocycles. The molecule has 37 heavy (non-hydrogen) atoms. The van der Waals surface area contributed by atoms with E-state index in [1.807, 2.05) is 22.7 Å². The first-order valence-electron chi connectivity index (χ1n) is 13.4. The van der Waals surface area contributed by atoms with Gasteiger partial charge in [0.15, 0.2) is 0 Å². The summed E-state index contributed by atoms with van der Waals surface area (Å²) in [6.07, 6.45) is 19.5. The molecule has 0 aliphatic rings. The van der Waals surface area contributed by atoms with Crippen LogP contribution < -0.4 is 0 Å². The first kappa shape index (κ1) is 34.3. The minimum absolute atomic E-state index is 0.570. The van der Waals surface area contributed by atoms with Crippen LogP contribution in [-0.2, 0) is 12.8 Å². The third kappa shape index (κ3) is 13.1. The van der Waals surface area contributed by atoms with Crippen molar-refractivity contribution in [3.05, 3.63) is 39.3 Å². The van der Waals surface area contributed by atoms with Crippen molar-refractivity contribution < 1.29 is 0 Å². The molecule has 203 valence electrons. The van der Waals surface area contributed by atoms with Crippen molar-refractivity contribution >= 4 is 123 Å². The monoisotopic (exact) mass is 814 g/mol. The molecule has 0 aliphatic carbocycles. The van der Waals surface area contributed by atoms with Crippen LogP contribution in [0.4, 0.5) is 0 Å². The normalized spacial score (nSPS) is 10.8. The van der Waals surface area contributed by atoms with Gasteiger partial charge in [0.25, 0.3) is 0 Å². The molecular weight excluding hydrogens is 775 g/mol. The third-order valence-corrected chi connectivity index (χ3v) is 15.6. The van der Waals surface area contributed by atoms with Crippen LogP contribution in [0, 0.1) is 0 Å². The maximum absolute atomic E-state index is 4.34.